The van der Waals surface area contributed by atoms with E-state index >= 15 is 0 Å². The first-order valence-electron chi connectivity index (χ1n) is 13.2. The number of aliphatic hydroxyl groups is 1. The molecule has 182 valence electrons. The van der Waals surface area contributed by atoms with Gasteiger partial charge in [-0.2, -0.15) is 0 Å². The van der Waals surface area contributed by atoms with Crippen LogP contribution in [0.1, 0.15) is 79.1 Å². The van der Waals surface area contributed by atoms with Crippen LogP contribution >= 0.6 is 0 Å². The van der Waals surface area contributed by atoms with Gasteiger partial charge in [0.15, 0.2) is 9.84 Å². The lowest BCUT2D eigenvalue weighted by molar-refractivity contribution is -0.0692. The first-order chi connectivity index (χ1) is 15.5. The average molecular weight is 471 g/mol. The van der Waals surface area contributed by atoms with Crippen LogP contribution in [0.4, 0.5) is 0 Å². The second-order valence-electron chi connectivity index (χ2n) is 12.7. The SMILES string of the molecule is C[C@H](CS(=O)(=O)c1ccccc1)[C@H]1CC[C@H]2[C@@H]3CC=C4C[C@@](C)(O)CC[C@]4(C)[C@H]3CC[C@]12C. The van der Waals surface area contributed by atoms with Gasteiger partial charge in [0.2, 0.25) is 0 Å². The minimum absolute atomic E-state index is 0.178. The summed E-state index contributed by atoms with van der Waals surface area (Å²) in [5.74, 6) is 3.04. The average Bonchev–Trinajstić information content (AvgIpc) is 3.12. The van der Waals surface area contributed by atoms with Crippen LogP contribution in [0.25, 0.3) is 0 Å². The second-order valence-corrected chi connectivity index (χ2v) is 14.8. The van der Waals surface area contributed by atoms with E-state index in [2.05, 4.69) is 26.8 Å². The molecule has 8 atom stereocenters. The Bertz CT molecular complexity index is 1030. The molecule has 0 radical (unpaired) electrons. The summed E-state index contributed by atoms with van der Waals surface area (Å²) in [5, 5.41) is 10.7. The number of benzene rings is 1. The molecule has 0 heterocycles. The molecule has 3 fully saturated rings. The smallest absolute Gasteiger partial charge is 0.178 e. The maximum atomic E-state index is 13.1. The zero-order chi connectivity index (χ0) is 23.6. The van der Waals surface area contributed by atoms with Gasteiger partial charge >= 0.3 is 0 Å². The molecule has 4 heteroatoms. The summed E-state index contributed by atoms with van der Waals surface area (Å²) in [7, 11) is -3.25. The highest BCUT2D eigenvalue weighted by atomic mass is 32.2. The van der Waals surface area contributed by atoms with E-state index in [0.29, 0.717) is 28.6 Å². The largest absolute Gasteiger partial charge is 0.390 e. The van der Waals surface area contributed by atoms with Crippen LogP contribution in [-0.4, -0.2) is 24.9 Å². The maximum Gasteiger partial charge on any atom is 0.178 e. The molecule has 0 spiro atoms. The summed E-state index contributed by atoms with van der Waals surface area (Å²) in [6.07, 6.45) is 11.4. The molecule has 1 aromatic carbocycles. The summed E-state index contributed by atoms with van der Waals surface area (Å²) in [6, 6.07) is 8.99. The Labute approximate surface area is 201 Å². The van der Waals surface area contributed by atoms with Crippen LogP contribution in [-0.2, 0) is 9.84 Å². The van der Waals surface area contributed by atoms with Gasteiger partial charge in [-0.3, -0.25) is 0 Å². The fourth-order valence-electron chi connectivity index (χ4n) is 8.97. The summed E-state index contributed by atoms with van der Waals surface area (Å²) in [5.41, 5.74) is 1.46. The fraction of sp³-hybridized carbons (Fsp3) is 0.724. The molecule has 0 unspecified atom stereocenters. The zero-order valence-electron chi connectivity index (χ0n) is 20.9. The summed E-state index contributed by atoms with van der Waals surface area (Å²) < 4.78 is 26.2. The van der Waals surface area contributed by atoms with Crippen LogP contribution in [0.2, 0.25) is 0 Å². The van der Waals surface area contributed by atoms with Crippen molar-refractivity contribution >= 4 is 9.84 Å². The minimum Gasteiger partial charge on any atom is -0.390 e. The Morgan fingerprint density at radius 1 is 1.00 bits per heavy atom. The Morgan fingerprint density at radius 3 is 2.45 bits per heavy atom. The molecule has 3 nitrogen and oxygen atoms in total. The molecule has 0 aliphatic heterocycles. The Balaban J connectivity index is 1.36. The Morgan fingerprint density at radius 2 is 1.73 bits per heavy atom. The molecule has 0 bridgehead atoms. The molecule has 1 N–H and O–H groups in total. The monoisotopic (exact) mass is 470 g/mol. The van der Waals surface area contributed by atoms with Crippen LogP contribution in [0, 0.1) is 40.4 Å². The standard InChI is InChI=1S/C29H42O3S/c1-20(19-33(31,32)22-8-6-5-7-9-22)24-12-13-25-23-11-10-21-18-27(2,30)16-17-28(21,3)26(23)14-15-29(24,25)4/h5-10,20,23-26,30H,11-19H2,1-4H3/t20-,23+,24-,25+,26+,27+,28+,29-/m1/s1. The van der Waals surface area contributed by atoms with E-state index in [-0.39, 0.29) is 22.5 Å². The summed E-state index contributed by atoms with van der Waals surface area (Å²) in [6.45, 7) is 9.16. The Kier molecular flexibility index (Phi) is 5.68. The van der Waals surface area contributed by atoms with E-state index in [0.717, 1.165) is 32.1 Å². The molecule has 4 aliphatic rings. The topological polar surface area (TPSA) is 54.4 Å². The van der Waals surface area contributed by atoms with Crippen molar-refractivity contribution in [3.63, 3.8) is 0 Å². The lowest BCUT2D eigenvalue weighted by Gasteiger charge is -2.59. The quantitative estimate of drug-likeness (QED) is 0.516. The minimum atomic E-state index is -3.25. The molecular weight excluding hydrogens is 428 g/mol. The van der Waals surface area contributed by atoms with Gasteiger partial charge in [-0.15, -0.1) is 0 Å². The van der Waals surface area contributed by atoms with E-state index in [1.165, 1.54) is 24.8 Å². The van der Waals surface area contributed by atoms with Crippen molar-refractivity contribution in [2.24, 2.45) is 40.4 Å². The van der Waals surface area contributed by atoms with Crippen LogP contribution in [0.5, 0.6) is 0 Å². The van der Waals surface area contributed by atoms with Gasteiger partial charge in [-0.25, -0.2) is 8.42 Å². The number of hydrogen-bond donors (Lipinski definition) is 1. The number of allylic oxidation sites excluding steroid dienone is 1. The predicted molar refractivity (Wildman–Crippen MR) is 133 cm³/mol. The fourth-order valence-corrected chi connectivity index (χ4v) is 10.7. The van der Waals surface area contributed by atoms with E-state index < -0.39 is 15.4 Å². The lowest BCUT2D eigenvalue weighted by Crippen LogP contribution is -2.52. The normalized spacial score (nSPS) is 43.7. The number of sulfone groups is 1. The molecule has 0 saturated heterocycles. The first kappa shape index (κ1) is 23.6. The molecule has 0 amide bonds. The third kappa shape index (κ3) is 3.84. The van der Waals surface area contributed by atoms with Gasteiger partial charge in [0, 0.05) is 0 Å². The molecular formula is C29H42O3S. The highest BCUT2D eigenvalue weighted by molar-refractivity contribution is 7.91. The highest BCUT2D eigenvalue weighted by Gasteiger charge is 2.59. The van der Waals surface area contributed by atoms with Gasteiger partial charge in [0.05, 0.1) is 16.2 Å². The van der Waals surface area contributed by atoms with Crippen molar-refractivity contribution in [2.75, 3.05) is 5.75 Å². The van der Waals surface area contributed by atoms with Crippen LogP contribution < -0.4 is 0 Å². The molecule has 1 aromatic rings. The third-order valence-electron chi connectivity index (χ3n) is 10.7. The van der Waals surface area contributed by atoms with Crippen molar-refractivity contribution in [1.82, 2.24) is 0 Å². The van der Waals surface area contributed by atoms with Crippen LogP contribution in [0.15, 0.2) is 46.9 Å². The van der Waals surface area contributed by atoms with Crippen LogP contribution in [0.3, 0.4) is 0 Å². The number of fused-ring (bicyclic) bond motifs is 5. The van der Waals surface area contributed by atoms with E-state index in [1.807, 2.05) is 25.1 Å². The third-order valence-corrected chi connectivity index (χ3v) is 12.7. The number of hydrogen-bond acceptors (Lipinski definition) is 3. The van der Waals surface area contributed by atoms with Crippen molar-refractivity contribution in [3.8, 4) is 0 Å². The second kappa shape index (κ2) is 7.95. The predicted octanol–water partition coefficient (Wildman–Crippen LogP) is 6.43. The summed E-state index contributed by atoms with van der Waals surface area (Å²) >= 11 is 0. The van der Waals surface area contributed by atoms with E-state index in [9.17, 15) is 13.5 Å². The lowest BCUT2D eigenvalue weighted by atomic mass is 9.46. The summed E-state index contributed by atoms with van der Waals surface area (Å²) in [4.78, 5) is 0.464. The van der Waals surface area contributed by atoms with Gasteiger partial charge in [-0.1, -0.05) is 50.6 Å². The Hall–Kier alpha value is -1.13. The molecule has 0 aromatic heterocycles. The first-order valence-corrected chi connectivity index (χ1v) is 14.8. The highest BCUT2D eigenvalue weighted by Crippen LogP contribution is 2.67. The zero-order valence-corrected chi connectivity index (χ0v) is 21.7. The van der Waals surface area contributed by atoms with Gasteiger partial charge in [-0.05, 0) is 111 Å². The van der Waals surface area contributed by atoms with Gasteiger partial charge < -0.3 is 5.11 Å². The molecule has 33 heavy (non-hydrogen) atoms. The maximum absolute atomic E-state index is 13.1. The number of rotatable bonds is 4. The van der Waals surface area contributed by atoms with Crippen molar-refractivity contribution in [1.29, 1.82) is 0 Å². The van der Waals surface area contributed by atoms with Crippen molar-refractivity contribution < 1.29 is 13.5 Å². The van der Waals surface area contributed by atoms with Crippen molar-refractivity contribution in [3.05, 3.63) is 42.0 Å². The molecule has 3 saturated carbocycles. The van der Waals surface area contributed by atoms with E-state index in [4.69, 9.17) is 0 Å². The van der Waals surface area contributed by atoms with Gasteiger partial charge in [0.1, 0.15) is 0 Å². The molecule has 5 rings (SSSR count). The van der Waals surface area contributed by atoms with Gasteiger partial charge in [0.25, 0.3) is 0 Å². The van der Waals surface area contributed by atoms with Crippen molar-refractivity contribution in [2.45, 2.75) is 89.6 Å². The molecule has 4 aliphatic carbocycles. The van der Waals surface area contributed by atoms with E-state index in [1.54, 1.807) is 12.1 Å².